The Kier molecular flexibility index (Phi) is 5.09. The van der Waals surface area contributed by atoms with Gasteiger partial charge in [0.15, 0.2) is 5.82 Å². The number of hydrogen-bond acceptors (Lipinski definition) is 3. The molecule has 1 rings (SSSR count). The van der Waals surface area contributed by atoms with E-state index in [1.807, 2.05) is 0 Å². The zero-order chi connectivity index (χ0) is 12.1. The molecule has 4 nitrogen and oxygen atoms in total. The van der Waals surface area contributed by atoms with Crippen molar-refractivity contribution in [1.82, 2.24) is 9.97 Å². The van der Waals surface area contributed by atoms with Crippen LogP contribution in [0.15, 0.2) is 11.1 Å². The Labute approximate surface area is 104 Å². The van der Waals surface area contributed by atoms with Crippen LogP contribution in [0.1, 0.15) is 20.3 Å². The van der Waals surface area contributed by atoms with Gasteiger partial charge >= 0.3 is 0 Å². The largest absolute Gasteiger partial charge is 0.367 e. The van der Waals surface area contributed by atoms with Crippen LogP contribution < -0.4 is 10.9 Å². The lowest BCUT2D eigenvalue weighted by molar-refractivity contribution is 0.572. The molecule has 0 radical (unpaired) electrons. The van der Waals surface area contributed by atoms with Crippen LogP contribution >= 0.6 is 23.2 Å². The van der Waals surface area contributed by atoms with Crippen LogP contribution in [0.25, 0.3) is 0 Å². The summed E-state index contributed by atoms with van der Waals surface area (Å²) in [4.78, 5) is 17.5. The Morgan fingerprint density at radius 2 is 2.25 bits per heavy atom. The topological polar surface area (TPSA) is 57.8 Å². The first-order valence-corrected chi connectivity index (χ1v) is 5.93. The highest BCUT2D eigenvalue weighted by Crippen LogP contribution is 2.15. The normalized spacial score (nSPS) is 12.8. The first-order valence-electron chi connectivity index (χ1n) is 5.11. The summed E-state index contributed by atoms with van der Waals surface area (Å²) in [5, 5.41) is 3.03. The Morgan fingerprint density at radius 1 is 1.56 bits per heavy atom. The van der Waals surface area contributed by atoms with Gasteiger partial charge < -0.3 is 10.3 Å². The van der Waals surface area contributed by atoms with Crippen LogP contribution in [0.5, 0.6) is 0 Å². The van der Waals surface area contributed by atoms with Crippen LogP contribution in [-0.2, 0) is 0 Å². The number of anilines is 1. The quantitative estimate of drug-likeness (QED) is 0.803. The summed E-state index contributed by atoms with van der Waals surface area (Å²) in [5.74, 6) is 0.909. The van der Waals surface area contributed by atoms with Crippen molar-refractivity contribution >= 4 is 29.0 Å². The molecule has 0 amide bonds. The van der Waals surface area contributed by atoms with Gasteiger partial charge in [-0.2, -0.15) is 0 Å². The van der Waals surface area contributed by atoms with E-state index in [0.29, 0.717) is 18.3 Å². The molecule has 0 bridgehead atoms. The van der Waals surface area contributed by atoms with Gasteiger partial charge in [0.05, 0.1) is 11.7 Å². The molecule has 0 saturated carbocycles. The van der Waals surface area contributed by atoms with Crippen molar-refractivity contribution in [3.05, 3.63) is 21.7 Å². The minimum Gasteiger partial charge on any atom is -0.367 e. The maximum absolute atomic E-state index is 11.2. The van der Waals surface area contributed by atoms with Gasteiger partial charge in [-0.3, -0.25) is 4.79 Å². The number of hydrogen-bond donors (Lipinski definition) is 2. The van der Waals surface area contributed by atoms with Crippen molar-refractivity contribution < 1.29 is 0 Å². The first kappa shape index (κ1) is 13.3. The molecule has 1 aromatic heterocycles. The lowest BCUT2D eigenvalue weighted by atomic mass is 10.1. The molecular formula is C10H15Cl2N3O. The summed E-state index contributed by atoms with van der Waals surface area (Å²) in [6.07, 6.45) is 2.21. The number of H-pyrrole nitrogens is 1. The lowest BCUT2D eigenvalue weighted by Gasteiger charge is -2.13. The van der Waals surface area contributed by atoms with Gasteiger partial charge in [0.25, 0.3) is 5.56 Å². The van der Waals surface area contributed by atoms with Gasteiger partial charge in [-0.05, 0) is 12.3 Å². The molecule has 0 saturated heterocycles. The van der Waals surface area contributed by atoms with E-state index in [1.54, 1.807) is 0 Å². The number of aromatic amines is 1. The SMILES string of the molecule is CC(C)CC(Cl)CNc1nc[nH]c(=O)c1Cl. The Morgan fingerprint density at radius 3 is 2.88 bits per heavy atom. The lowest BCUT2D eigenvalue weighted by Crippen LogP contribution is -2.19. The summed E-state index contributed by atoms with van der Waals surface area (Å²) in [5.41, 5.74) is -0.353. The number of alkyl halides is 1. The van der Waals surface area contributed by atoms with Crippen LogP contribution in [0, 0.1) is 5.92 Å². The molecule has 90 valence electrons. The highest BCUT2D eigenvalue weighted by atomic mass is 35.5. The van der Waals surface area contributed by atoms with Gasteiger partial charge in [0.2, 0.25) is 0 Å². The fourth-order valence-electron chi connectivity index (χ4n) is 1.31. The molecule has 1 atom stereocenters. The van der Waals surface area contributed by atoms with Crippen molar-refractivity contribution in [2.45, 2.75) is 25.6 Å². The highest BCUT2D eigenvalue weighted by Gasteiger charge is 2.10. The molecule has 2 N–H and O–H groups in total. The second-order valence-corrected chi connectivity index (χ2v) is 5.00. The average Bonchev–Trinajstić information content (AvgIpc) is 2.19. The van der Waals surface area contributed by atoms with Crippen LogP contribution in [0.2, 0.25) is 5.02 Å². The molecular weight excluding hydrogens is 249 g/mol. The van der Waals surface area contributed by atoms with E-state index in [9.17, 15) is 4.79 Å². The van der Waals surface area contributed by atoms with E-state index in [4.69, 9.17) is 23.2 Å². The second-order valence-electron chi connectivity index (χ2n) is 4.00. The predicted octanol–water partition coefficient (Wildman–Crippen LogP) is 2.49. The number of nitrogens with zero attached hydrogens (tertiary/aromatic N) is 1. The molecule has 0 aliphatic heterocycles. The smallest absolute Gasteiger partial charge is 0.271 e. The van der Waals surface area contributed by atoms with E-state index < -0.39 is 0 Å². The Bertz CT molecular complexity index is 392. The number of aromatic nitrogens is 2. The molecule has 1 unspecified atom stereocenters. The zero-order valence-electron chi connectivity index (χ0n) is 9.26. The van der Waals surface area contributed by atoms with Gasteiger partial charge in [-0.25, -0.2) is 4.98 Å². The van der Waals surface area contributed by atoms with E-state index in [0.717, 1.165) is 6.42 Å². The van der Waals surface area contributed by atoms with Crippen molar-refractivity contribution in [2.75, 3.05) is 11.9 Å². The van der Waals surface area contributed by atoms with Gasteiger partial charge in [0.1, 0.15) is 5.02 Å². The molecule has 0 aliphatic rings. The fourth-order valence-corrected chi connectivity index (χ4v) is 1.91. The summed E-state index contributed by atoms with van der Waals surface area (Å²) < 4.78 is 0. The number of nitrogens with one attached hydrogen (secondary N) is 2. The number of halogens is 2. The van der Waals surface area contributed by atoms with E-state index >= 15 is 0 Å². The first-order chi connectivity index (χ1) is 7.50. The maximum atomic E-state index is 11.2. The van der Waals surface area contributed by atoms with Crippen molar-refractivity contribution in [1.29, 1.82) is 0 Å². The minimum absolute atomic E-state index is 0.00263. The number of rotatable bonds is 5. The maximum Gasteiger partial charge on any atom is 0.271 e. The third-order valence-corrected chi connectivity index (χ3v) is 2.70. The van der Waals surface area contributed by atoms with Crippen LogP contribution in [-0.4, -0.2) is 21.9 Å². The second kappa shape index (κ2) is 6.11. The molecule has 0 fully saturated rings. The van der Waals surface area contributed by atoms with Crippen LogP contribution in [0.4, 0.5) is 5.82 Å². The summed E-state index contributed by atoms with van der Waals surface area (Å²) in [6.45, 7) is 4.75. The van der Waals surface area contributed by atoms with Crippen molar-refractivity contribution in [2.24, 2.45) is 5.92 Å². The van der Waals surface area contributed by atoms with Gasteiger partial charge in [-0.1, -0.05) is 25.4 Å². The standard InChI is InChI=1S/C10H15Cl2N3O/c1-6(2)3-7(11)4-13-9-8(12)10(16)15-5-14-9/h5-7H,3-4H2,1-2H3,(H2,13,14,15,16). The Hall–Kier alpha value is -0.740. The Balaban J connectivity index is 2.55. The monoisotopic (exact) mass is 263 g/mol. The predicted molar refractivity (Wildman–Crippen MR) is 67.5 cm³/mol. The molecule has 1 heterocycles. The van der Waals surface area contributed by atoms with E-state index in [-0.39, 0.29) is 16.0 Å². The minimum atomic E-state index is -0.353. The highest BCUT2D eigenvalue weighted by molar-refractivity contribution is 6.32. The van der Waals surface area contributed by atoms with Gasteiger partial charge in [0, 0.05) is 6.54 Å². The van der Waals surface area contributed by atoms with Crippen molar-refractivity contribution in [3.63, 3.8) is 0 Å². The average molecular weight is 264 g/mol. The third-order valence-electron chi connectivity index (χ3n) is 2.01. The summed E-state index contributed by atoms with van der Waals surface area (Å²) in [6, 6.07) is 0. The molecule has 16 heavy (non-hydrogen) atoms. The molecule has 6 heteroatoms. The zero-order valence-corrected chi connectivity index (χ0v) is 10.8. The molecule has 0 aliphatic carbocycles. The summed E-state index contributed by atoms with van der Waals surface area (Å²) >= 11 is 11.9. The molecule has 1 aromatic rings. The molecule has 0 aromatic carbocycles. The fraction of sp³-hybridized carbons (Fsp3) is 0.600. The van der Waals surface area contributed by atoms with Crippen molar-refractivity contribution in [3.8, 4) is 0 Å². The van der Waals surface area contributed by atoms with Crippen LogP contribution in [0.3, 0.4) is 0 Å². The third kappa shape index (κ3) is 4.02. The molecule has 0 spiro atoms. The van der Waals surface area contributed by atoms with E-state index in [2.05, 4.69) is 29.1 Å². The van der Waals surface area contributed by atoms with Gasteiger partial charge in [-0.15, -0.1) is 11.6 Å². The van der Waals surface area contributed by atoms with E-state index in [1.165, 1.54) is 6.33 Å². The summed E-state index contributed by atoms with van der Waals surface area (Å²) in [7, 11) is 0.